The van der Waals surface area contributed by atoms with Crippen LogP contribution in [0.15, 0.2) is 167 Å². The van der Waals surface area contributed by atoms with Gasteiger partial charge in [0, 0.05) is 147 Å². The Morgan fingerprint density at radius 2 is 0.438 bits per heavy atom. The summed E-state index contributed by atoms with van der Waals surface area (Å²) in [6, 6.07) is 37.1. The Labute approximate surface area is 768 Å². The van der Waals surface area contributed by atoms with Crippen LogP contribution in [-0.4, -0.2) is 69.4 Å². The van der Waals surface area contributed by atoms with Crippen LogP contribution in [0, 0.1) is 31.3 Å². The van der Waals surface area contributed by atoms with Crippen LogP contribution < -0.4 is 0 Å². The van der Waals surface area contributed by atoms with Crippen molar-refractivity contribution in [3.63, 3.8) is 0 Å². The van der Waals surface area contributed by atoms with E-state index in [4.69, 9.17) is 34.8 Å². The summed E-state index contributed by atoms with van der Waals surface area (Å²) in [5.74, 6) is -7.13. The Balaban J connectivity index is 0.000000113. The lowest BCUT2D eigenvalue weighted by Gasteiger charge is -2.34. The molecule has 12 nitrogen and oxygen atoms in total. The fourth-order valence-electron chi connectivity index (χ4n) is 21.3. The second-order valence-corrected chi connectivity index (χ2v) is 42.3. The molecule has 6 aromatic carbocycles. The van der Waals surface area contributed by atoms with Crippen molar-refractivity contribution in [2.75, 3.05) is 0 Å². The Hall–Kier alpha value is -11.3. The predicted molar refractivity (Wildman–Crippen MR) is 497 cm³/mol. The molecule has 12 aliphatic rings. The molecular formula is C104H64Cl3F3O12S6. The highest BCUT2D eigenvalue weighted by molar-refractivity contribution is 7.25. The maximum Gasteiger partial charge on any atom is 0.197 e. The van der Waals surface area contributed by atoms with Gasteiger partial charge in [0.25, 0.3) is 0 Å². The van der Waals surface area contributed by atoms with Crippen LogP contribution >= 0.6 is 103 Å². The second kappa shape index (κ2) is 30.4. The first-order valence-corrected chi connectivity index (χ1v) is 48.1. The van der Waals surface area contributed by atoms with E-state index in [2.05, 4.69) is 30.3 Å². The predicted octanol–water partition coefficient (Wildman–Crippen LogP) is 26.9. The maximum atomic E-state index is 14.2. The van der Waals surface area contributed by atoms with E-state index in [1.807, 2.05) is 13.0 Å². The summed E-state index contributed by atoms with van der Waals surface area (Å²) in [6.07, 6.45) is 26.0. The van der Waals surface area contributed by atoms with Gasteiger partial charge in [-0.2, -0.15) is 0 Å². The molecule has 0 unspecified atom stereocenters. The lowest BCUT2D eigenvalue weighted by atomic mass is 9.68. The first-order chi connectivity index (χ1) is 61.6. The van der Waals surface area contributed by atoms with E-state index in [1.165, 1.54) is 91.8 Å². The molecule has 0 atom stereocenters. The van der Waals surface area contributed by atoms with Gasteiger partial charge in [0.15, 0.2) is 81.0 Å². The van der Waals surface area contributed by atoms with Crippen molar-refractivity contribution < 1.29 is 70.7 Å². The number of hydrogen-bond acceptors (Lipinski definition) is 18. The molecule has 3 fully saturated rings. The molecule has 128 heavy (non-hydrogen) atoms. The van der Waals surface area contributed by atoms with E-state index in [-0.39, 0.29) is 139 Å². The van der Waals surface area contributed by atoms with E-state index in [9.17, 15) is 70.7 Å². The third kappa shape index (κ3) is 12.5. The van der Waals surface area contributed by atoms with Crippen molar-refractivity contribution in [1.29, 1.82) is 0 Å². The van der Waals surface area contributed by atoms with Crippen molar-refractivity contribution in [3.05, 3.63) is 340 Å². The van der Waals surface area contributed by atoms with Crippen molar-refractivity contribution >= 4 is 209 Å². The molecule has 0 N–H and O–H groups in total. The zero-order valence-corrected chi connectivity index (χ0v) is 75.1. The summed E-state index contributed by atoms with van der Waals surface area (Å²) < 4.78 is 41.9. The van der Waals surface area contributed by atoms with Gasteiger partial charge >= 0.3 is 0 Å². The Kier molecular flexibility index (Phi) is 19.6. The highest BCUT2D eigenvalue weighted by Crippen LogP contribution is 2.65. The first kappa shape index (κ1) is 82.4. The summed E-state index contributed by atoms with van der Waals surface area (Å²) in [6.45, 7) is 3.38. The molecule has 24 heteroatoms. The number of rotatable bonds is 6. The van der Waals surface area contributed by atoms with Crippen LogP contribution in [0.1, 0.15) is 294 Å². The topological polar surface area (TPSA) is 205 Å². The largest absolute Gasteiger partial charge is 0.288 e. The molecule has 0 bridgehead atoms. The normalized spacial score (nSPS) is 18.7. The average molecular weight is 1860 g/mol. The third-order valence-corrected chi connectivity index (χ3v) is 35.6. The number of hydrogen-bond donors (Lipinski definition) is 0. The highest BCUT2D eigenvalue weighted by atomic mass is 35.5. The van der Waals surface area contributed by atoms with Crippen LogP contribution in [0.2, 0.25) is 15.1 Å². The number of ketones is 12. The van der Waals surface area contributed by atoms with Gasteiger partial charge in [-0.05, 0) is 218 Å². The lowest BCUT2D eigenvalue weighted by Crippen LogP contribution is -2.27. The summed E-state index contributed by atoms with van der Waals surface area (Å²) in [7, 11) is 0. The summed E-state index contributed by atoms with van der Waals surface area (Å²) in [5.41, 5.74) is 11.7. The molecular weight excluding hydrogens is 1800 g/mol. The monoisotopic (exact) mass is 1860 g/mol. The highest BCUT2D eigenvalue weighted by Gasteiger charge is 2.52. The quantitative estimate of drug-likeness (QED) is 0.113. The number of fused-ring (bicyclic) bond motifs is 21. The average Bonchev–Trinajstić information content (AvgIpc) is 1.55. The fraction of sp³-hybridized carbons (Fsp3) is 0.192. The Morgan fingerprint density at radius 1 is 0.242 bits per heavy atom. The van der Waals surface area contributed by atoms with E-state index >= 15 is 0 Å². The summed E-state index contributed by atoms with van der Waals surface area (Å²) in [4.78, 5) is 169. The van der Waals surface area contributed by atoms with Crippen LogP contribution in [0.4, 0.5) is 13.2 Å². The maximum absolute atomic E-state index is 14.2. The molecule has 12 aliphatic carbocycles. The van der Waals surface area contributed by atoms with Gasteiger partial charge in [-0.3, -0.25) is 57.5 Å². The fourth-order valence-corrected chi connectivity index (χ4v) is 29.4. The number of aryl methyl sites for hydroxylation is 2. The van der Waals surface area contributed by atoms with Gasteiger partial charge in [0.05, 0.1) is 43.5 Å². The minimum atomic E-state index is -1.18. The number of carbonyl (C=O) groups excluding carboxylic acids is 12. The van der Waals surface area contributed by atoms with Gasteiger partial charge < -0.3 is 0 Å². The molecule has 0 saturated heterocycles. The Bertz CT molecular complexity index is 6580. The first-order valence-electron chi connectivity index (χ1n) is 42.1. The van der Waals surface area contributed by atoms with Crippen molar-refractivity contribution in [3.8, 4) is 29.3 Å². The number of carbonyl (C=O) groups is 12. The molecule has 24 rings (SSSR count). The number of Topliss-reactive ketones (excluding diaryl/α,β-unsaturated/α-hetero) is 12. The molecule has 3 saturated carbocycles. The molecule has 3 spiro atoms. The van der Waals surface area contributed by atoms with E-state index in [1.54, 1.807) is 143 Å². The molecule has 12 aromatic rings. The Morgan fingerprint density at radius 3 is 0.680 bits per heavy atom. The molecule has 0 amide bonds. The van der Waals surface area contributed by atoms with Gasteiger partial charge in [0.1, 0.15) is 5.82 Å². The summed E-state index contributed by atoms with van der Waals surface area (Å²) >= 11 is 27.9. The third-order valence-electron chi connectivity index (χ3n) is 27.5. The van der Waals surface area contributed by atoms with Crippen LogP contribution in [0.25, 0.3) is 65.7 Å². The molecule has 6 aromatic heterocycles. The van der Waals surface area contributed by atoms with Gasteiger partial charge in [-0.1, -0.05) is 141 Å². The second-order valence-electron chi connectivity index (χ2n) is 34.6. The molecule has 0 aliphatic heterocycles. The van der Waals surface area contributed by atoms with E-state index in [0.717, 1.165) is 162 Å². The van der Waals surface area contributed by atoms with Crippen molar-refractivity contribution in [1.82, 2.24) is 0 Å². The van der Waals surface area contributed by atoms with E-state index < -0.39 is 40.6 Å². The molecule has 0 radical (unpaired) electrons. The number of allylic oxidation sites excluding steroid dienone is 6. The molecule has 630 valence electrons. The van der Waals surface area contributed by atoms with Crippen LogP contribution in [-0.2, 0) is 16.2 Å². The van der Waals surface area contributed by atoms with Gasteiger partial charge in [-0.25, -0.2) is 13.2 Å². The SMILES string of the molecule is Cc1cc2c(cc1Cl)C(=O)/C(=C\c1cc3c(s1)-c1sc(C=C4C(=O)c5cc(Cl)c(Cl)cc5C4=O)cc1C31CCCCC1)C2=O.Cc1cc2c(cc1F)C(=O)/C(=C\c1cc3c(s1)-c1sc(C=C4C(=O)c5cc(F)c(F)cc5C4=O)cc1C31CCCCC1)C2=O.O=C1C(=Cc2cc3c(s2)-c2sc(C=C4C(=O)c5ccccc5C4=O)cc2C32CCCCC2)C(=O)c2ccccc21. The van der Waals surface area contributed by atoms with Crippen molar-refractivity contribution in [2.45, 2.75) is 126 Å². The van der Waals surface area contributed by atoms with Crippen LogP contribution in [0.3, 0.4) is 0 Å². The number of benzene rings is 6. The van der Waals surface area contributed by atoms with Gasteiger partial charge in [0.2, 0.25) is 0 Å². The van der Waals surface area contributed by atoms with E-state index in [0.29, 0.717) is 48.8 Å². The summed E-state index contributed by atoms with van der Waals surface area (Å²) in [5, 5.41) is 0.942. The minimum Gasteiger partial charge on any atom is -0.288 e. The van der Waals surface area contributed by atoms with Gasteiger partial charge in [-0.15, -0.1) is 68.0 Å². The minimum absolute atomic E-state index is 0.0186. The lowest BCUT2D eigenvalue weighted by molar-refractivity contribution is 0.0975. The van der Waals surface area contributed by atoms with Crippen molar-refractivity contribution in [2.24, 2.45) is 0 Å². The number of halogens is 6. The van der Waals surface area contributed by atoms with Crippen LogP contribution in [0.5, 0.6) is 0 Å². The molecule has 6 heterocycles. The standard InChI is InChI=1S/C35H21Cl3O4S2.C35H21F3O4S2.C34H22O4S2/c2*1-15-7-18-19(12-26(15)36)30(40)22(29(18)39)8-16-10-24-33(43-16)34-25(35(24)5-3-2-4-6-35)11-17(44-34)9-23-31(41)20-13-27(37)28(38)14-21(20)32(23)42;35-28-20-8-2-3-9-21(20)29(36)24(28)14-18-16-26-32(39-18)33-27(34(26)12-6-1-7-13-34)17-19(40-33)15-25-30(37)22-10-4-5-11-23(22)31(25)38/h2*7-14H,2-6H2,1H3;2-5,8-11,14-17H,1,6-7,12-13H2/b2*22-8-;. The zero-order valence-electron chi connectivity index (χ0n) is 67.9. The number of thiophene rings is 6. The smallest absolute Gasteiger partial charge is 0.197 e. The zero-order chi connectivity index (χ0) is 88.5.